The van der Waals surface area contributed by atoms with Gasteiger partial charge in [-0.25, -0.2) is 4.39 Å². The minimum Gasteiger partial charge on any atom is -0.268 e. The van der Waals surface area contributed by atoms with Crippen molar-refractivity contribution < 1.29 is 9.18 Å². The lowest BCUT2D eigenvalue weighted by molar-refractivity contribution is 0.101. The van der Waals surface area contributed by atoms with Crippen LogP contribution in [-0.4, -0.2) is 5.91 Å². The maximum Gasteiger partial charge on any atom is 0.268 e. The molecule has 0 N–H and O–H groups in total. The Bertz CT molecular complexity index is 530. The SMILES string of the molecule is O=C(c1ccccc1)N(S)c1cccc(F)c1. The fourth-order valence-corrected chi connectivity index (χ4v) is 1.67. The molecule has 0 heterocycles. The van der Waals surface area contributed by atoms with E-state index in [2.05, 4.69) is 12.8 Å². The highest BCUT2D eigenvalue weighted by Gasteiger charge is 2.14. The van der Waals surface area contributed by atoms with E-state index in [-0.39, 0.29) is 5.91 Å². The van der Waals surface area contributed by atoms with Crippen molar-refractivity contribution in [1.82, 2.24) is 0 Å². The third-order valence-corrected chi connectivity index (χ3v) is 2.68. The molecule has 0 aromatic heterocycles. The van der Waals surface area contributed by atoms with Gasteiger partial charge in [-0.05, 0) is 30.3 Å². The van der Waals surface area contributed by atoms with E-state index in [0.29, 0.717) is 11.3 Å². The van der Waals surface area contributed by atoms with Crippen LogP contribution in [-0.2, 0) is 0 Å². The average molecular weight is 247 g/mol. The standard InChI is InChI=1S/C13H10FNOS/c14-11-7-4-8-12(9-11)15(17)13(16)10-5-2-1-3-6-10/h1-9,17H. The molecule has 2 rings (SSSR count). The fraction of sp³-hybridized carbons (Fsp3) is 0. The van der Waals surface area contributed by atoms with E-state index in [4.69, 9.17) is 0 Å². The number of hydrogen-bond acceptors (Lipinski definition) is 2. The van der Waals surface area contributed by atoms with Crippen LogP contribution >= 0.6 is 12.8 Å². The van der Waals surface area contributed by atoms with Crippen molar-refractivity contribution >= 4 is 24.4 Å². The zero-order valence-electron chi connectivity index (χ0n) is 8.88. The van der Waals surface area contributed by atoms with Gasteiger partial charge in [-0.2, -0.15) is 0 Å². The van der Waals surface area contributed by atoms with Gasteiger partial charge in [0.15, 0.2) is 0 Å². The molecule has 86 valence electrons. The summed E-state index contributed by atoms with van der Waals surface area (Å²) in [6, 6.07) is 14.5. The molecule has 0 spiro atoms. The van der Waals surface area contributed by atoms with Gasteiger partial charge in [0.25, 0.3) is 5.91 Å². The smallest absolute Gasteiger partial charge is 0.268 e. The average Bonchev–Trinajstić information content (AvgIpc) is 2.38. The van der Waals surface area contributed by atoms with Gasteiger partial charge in [-0.15, -0.1) is 0 Å². The molecule has 2 nitrogen and oxygen atoms in total. The number of amides is 1. The Balaban J connectivity index is 2.27. The van der Waals surface area contributed by atoms with Crippen LogP contribution in [0.4, 0.5) is 10.1 Å². The van der Waals surface area contributed by atoms with Crippen LogP contribution in [0.3, 0.4) is 0 Å². The molecule has 0 unspecified atom stereocenters. The molecule has 0 bridgehead atoms. The Hall–Kier alpha value is -1.81. The first-order valence-electron chi connectivity index (χ1n) is 5.02. The Morgan fingerprint density at radius 1 is 1.06 bits per heavy atom. The van der Waals surface area contributed by atoms with Crippen LogP contribution in [0.1, 0.15) is 10.4 Å². The summed E-state index contributed by atoms with van der Waals surface area (Å²) < 4.78 is 14.1. The zero-order valence-corrected chi connectivity index (χ0v) is 9.77. The van der Waals surface area contributed by atoms with Gasteiger partial charge in [0.2, 0.25) is 0 Å². The molecule has 4 heteroatoms. The van der Waals surface area contributed by atoms with Crippen molar-refractivity contribution in [2.75, 3.05) is 4.31 Å². The summed E-state index contributed by atoms with van der Waals surface area (Å²) in [5, 5.41) is 0. The number of benzene rings is 2. The van der Waals surface area contributed by atoms with Crippen molar-refractivity contribution in [3.05, 3.63) is 66.0 Å². The lowest BCUT2D eigenvalue weighted by atomic mass is 10.2. The number of anilines is 1. The molecule has 2 aromatic rings. The molecule has 0 aliphatic heterocycles. The lowest BCUT2D eigenvalue weighted by Gasteiger charge is -2.15. The summed E-state index contributed by atoms with van der Waals surface area (Å²) >= 11 is 4.09. The molecule has 0 saturated carbocycles. The first kappa shape index (κ1) is 11.7. The van der Waals surface area contributed by atoms with E-state index in [9.17, 15) is 9.18 Å². The van der Waals surface area contributed by atoms with Crippen molar-refractivity contribution in [3.8, 4) is 0 Å². The number of rotatable bonds is 2. The molecule has 0 radical (unpaired) electrons. The van der Waals surface area contributed by atoms with Crippen molar-refractivity contribution in [2.45, 2.75) is 0 Å². The largest absolute Gasteiger partial charge is 0.268 e. The van der Waals surface area contributed by atoms with Gasteiger partial charge in [0, 0.05) is 5.56 Å². The van der Waals surface area contributed by atoms with Crippen molar-refractivity contribution in [1.29, 1.82) is 0 Å². The summed E-state index contributed by atoms with van der Waals surface area (Å²) in [6.45, 7) is 0. The number of nitrogens with zero attached hydrogens (tertiary/aromatic N) is 1. The Morgan fingerprint density at radius 3 is 2.41 bits per heavy atom. The molecular formula is C13H10FNOS. The van der Waals surface area contributed by atoms with Gasteiger partial charge in [0.05, 0.1) is 5.69 Å². The highest BCUT2D eigenvalue weighted by atomic mass is 32.1. The second-order valence-electron chi connectivity index (χ2n) is 3.46. The van der Waals surface area contributed by atoms with Crippen LogP contribution in [0.2, 0.25) is 0 Å². The first-order chi connectivity index (χ1) is 8.18. The molecule has 2 aromatic carbocycles. The Kier molecular flexibility index (Phi) is 3.44. The number of carbonyl (C=O) groups is 1. The van der Waals surface area contributed by atoms with E-state index in [1.165, 1.54) is 18.2 Å². The monoisotopic (exact) mass is 247 g/mol. The van der Waals surface area contributed by atoms with Gasteiger partial charge in [-0.1, -0.05) is 37.1 Å². The molecule has 0 fully saturated rings. The summed E-state index contributed by atoms with van der Waals surface area (Å²) in [4.78, 5) is 12.0. The van der Waals surface area contributed by atoms with E-state index in [0.717, 1.165) is 4.31 Å². The van der Waals surface area contributed by atoms with Crippen LogP contribution in [0.25, 0.3) is 0 Å². The lowest BCUT2D eigenvalue weighted by Crippen LogP contribution is -2.20. The molecule has 0 saturated heterocycles. The van der Waals surface area contributed by atoms with Crippen LogP contribution in [0.15, 0.2) is 54.6 Å². The van der Waals surface area contributed by atoms with Gasteiger partial charge < -0.3 is 0 Å². The second kappa shape index (κ2) is 5.01. The van der Waals surface area contributed by atoms with E-state index in [1.54, 1.807) is 30.3 Å². The highest BCUT2D eigenvalue weighted by molar-refractivity contribution is 7.82. The minimum atomic E-state index is -0.401. The fourth-order valence-electron chi connectivity index (χ4n) is 1.43. The predicted molar refractivity (Wildman–Crippen MR) is 68.6 cm³/mol. The van der Waals surface area contributed by atoms with Gasteiger partial charge in [-0.3, -0.25) is 9.10 Å². The Labute approximate surface area is 104 Å². The maximum absolute atomic E-state index is 13.0. The topological polar surface area (TPSA) is 20.3 Å². The molecule has 0 aliphatic carbocycles. The quantitative estimate of drug-likeness (QED) is 0.807. The van der Waals surface area contributed by atoms with E-state index < -0.39 is 5.82 Å². The number of carbonyl (C=O) groups excluding carboxylic acids is 1. The first-order valence-corrected chi connectivity index (χ1v) is 5.42. The molecule has 0 atom stereocenters. The summed E-state index contributed by atoms with van der Waals surface area (Å²) in [5.41, 5.74) is 0.911. The predicted octanol–water partition coefficient (Wildman–Crippen LogP) is 3.32. The van der Waals surface area contributed by atoms with Gasteiger partial charge in [0.1, 0.15) is 5.82 Å². The Morgan fingerprint density at radius 2 is 1.76 bits per heavy atom. The number of thiol groups is 1. The van der Waals surface area contributed by atoms with Crippen LogP contribution < -0.4 is 4.31 Å². The third kappa shape index (κ3) is 2.65. The van der Waals surface area contributed by atoms with Crippen LogP contribution in [0.5, 0.6) is 0 Å². The van der Waals surface area contributed by atoms with Gasteiger partial charge >= 0.3 is 0 Å². The zero-order chi connectivity index (χ0) is 12.3. The number of hydrogen-bond donors (Lipinski definition) is 1. The van der Waals surface area contributed by atoms with E-state index in [1.807, 2.05) is 6.07 Å². The molecule has 1 amide bonds. The van der Waals surface area contributed by atoms with Crippen molar-refractivity contribution in [3.63, 3.8) is 0 Å². The van der Waals surface area contributed by atoms with E-state index >= 15 is 0 Å². The molecule has 17 heavy (non-hydrogen) atoms. The summed E-state index contributed by atoms with van der Waals surface area (Å²) in [5.74, 6) is -0.693. The summed E-state index contributed by atoms with van der Waals surface area (Å²) in [7, 11) is 0. The molecule has 0 aliphatic rings. The molecular weight excluding hydrogens is 237 g/mol. The minimum absolute atomic E-state index is 0.292. The highest BCUT2D eigenvalue weighted by Crippen LogP contribution is 2.19. The normalized spacial score (nSPS) is 10.0. The maximum atomic E-state index is 13.0. The second-order valence-corrected chi connectivity index (χ2v) is 3.86. The van der Waals surface area contributed by atoms with Crippen LogP contribution in [0, 0.1) is 5.82 Å². The third-order valence-electron chi connectivity index (χ3n) is 2.27. The van der Waals surface area contributed by atoms with Crippen molar-refractivity contribution in [2.24, 2.45) is 0 Å². The summed E-state index contributed by atoms with van der Waals surface area (Å²) in [6.07, 6.45) is 0. The number of halogens is 1.